The first kappa shape index (κ1) is 41.4. The van der Waals surface area contributed by atoms with E-state index in [4.69, 9.17) is 21.3 Å². The second kappa shape index (κ2) is 16.2. The maximum absolute atomic E-state index is 15.2. The van der Waals surface area contributed by atoms with E-state index in [1.165, 1.54) is 0 Å². The molecule has 3 unspecified atom stereocenters. The van der Waals surface area contributed by atoms with Gasteiger partial charge >= 0.3 is 5.92 Å². The summed E-state index contributed by atoms with van der Waals surface area (Å²) in [6.45, 7) is 4.50. The van der Waals surface area contributed by atoms with Crippen LogP contribution in [0.4, 0.5) is 31.9 Å². The molecule has 63 heavy (non-hydrogen) atoms. The zero-order valence-electron chi connectivity index (χ0n) is 35.1. The van der Waals surface area contributed by atoms with Crippen molar-refractivity contribution in [2.75, 3.05) is 74.6 Å². The summed E-state index contributed by atoms with van der Waals surface area (Å²) in [5.41, 5.74) is 4.12. The molecule has 3 amide bonds. The number of benzene rings is 2. The van der Waals surface area contributed by atoms with Crippen molar-refractivity contribution in [1.29, 1.82) is 0 Å². The number of aliphatic hydroxyl groups is 1. The highest BCUT2D eigenvalue weighted by atomic mass is 35.5. The van der Waals surface area contributed by atoms with Gasteiger partial charge in [-0.05, 0) is 68.2 Å². The standard InChI is InChI=1S/C44H50ClF2N11O5/c1-54-32-10-8-26(20-30(32)35-37(42(54)62)63-23-44(46,47)38(51-35)25-6-7-25)49-39-31(45)21-48-43(52-39)58-18-16-56(17-19-58)22-24-12-14-57(15-13-24)41(61)29-5-3-4-27-34(53-55(2)36(27)29)28-9-11-33(59)50-40(28)60/h3-5,8,10,20-21,24-25,28,38,42,51,62H,6-7,9,11-19,22-23H2,1-2H3,(H,48,49,52)(H,50,59,60). The molecule has 7 heterocycles. The number of aromatic nitrogens is 4. The van der Waals surface area contributed by atoms with Crippen LogP contribution < -0.4 is 25.8 Å². The minimum Gasteiger partial charge on any atom is -0.485 e. The van der Waals surface area contributed by atoms with Crippen LogP contribution in [0.25, 0.3) is 16.6 Å². The summed E-state index contributed by atoms with van der Waals surface area (Å²) in [5, 5.41) is 25.6. The average Bonchev–Trinajstić information content (AvgIpc) is 4.08. The molecule has 4 N–H and O–H groups in total. The Balaban J connectivity index is 0.754. The van der Waals surface area contributed by atoms with E-state index in [1.807, 2.05) is 41.3 Å². The second-order valence-electron chi connectivity index (χ2n) is 17.7. The number of nitrogens with zero attached hydrogens (tertiary/aromatic N) is 8. The molecule has 5 aliphatic heterocycles. The number of likely N-dealkylation sites (tertiary alicyclic amines) is 1. The highest BCUT2D eigenvalue weighted by Crippen LogP contribution is 2.46. The number of likely N-dealkylation sites (N-methyl/N-ethyl adjacent to an activating group) is 1. The van der Waals surface area contributed by atoms with Crippen LogP contribution in [0.1, 0.15) is 66.1 Å². The van der Waals surface area contributed by atoms with Gasteiger partial charge < -0.3 is 35.2 Å². The fourth-order valence-corrected chi connectivity index (χ4v) is 10.0. The number of halogens is 3. The fourth-order valence-electron chi connectivity index (χ4n) is 9.87. The summed E-state index contributed by atoms with van der Waals surface area (Å²) in [4.78, 5) is 55.9. The molecule has 1 aliphatic carbocycles. The number of alkyl halides is 2. The van der Waals surface area contributed by atoms with Gasteiger partial charge in [0.1, 0.15) is 5.02 Å². The minimum atomic E-state index is -3.10. The summed E-state index contributed by atoms with van der Waals surface area (Å²) in [6, 6.07) is 9.93. The Morgan fingerprint density at radius 1 is 1.03 bits per heavy atom. The second-order valence-corrected chi connectivity index (χ2v) is 18.1. The number of piperidine rings is 2. The van der Waals surface area contributed by atoms with E-state index in [9.17, 15) is 19.5 Å². The number of anilines is 4. The molecule has 0 bridgehead atoms. The molecule has 3 atom stereocenters. The van der Waals surface area contributed by atoms with Crippen molar-refractivity contribution in [2.24, 2.45) is 18.9 Å². The van der Waals surface area contributed by atoms with Crippen molar-refractivity contribution in [3.63, 3.8) is 0 Å². The van der Waals surface area contributed by atoms with Gasteiger partial charge in [0.2, 0.25) is 17.8 Å². The number of carbonyl (C=O) groups excluding carboxylic acids is 3. The molecule has 0 radical (unpaired) electrons. The van der Waals surface area contributed by atoms with Gasteiger partial charge in [-0.15, -0.1) is 0 Å². The number of amides is 3. The van der Waals surface area contributed by atoms with Crippen LogP contribution >= 0.6 is 11.6 Å². The predicted molar refractivity (Wildman–Crippen MR) is 232 cm³/mol. The molecule has 19 heteroatoms. The summed E-state index contributed by atoms with van der Waals surface area (Å²) in [6.07, 6.45) is 4.20. The Bertz CT molecular complexity index is 2520. The third-order valence-electron chi connectivity index (χ3n) is 13.5. The molecule has 2 aromatic carbocycles. The smallest absolute Gasteiger partial charge is 0.301 e. The number of carbonyl (C=O) groups is 3. The van der Waals surface area contributed by atoms with Gasteiger partial charge in [0, 0.05) is 88.7 Å². The van der Waals surface area contributed by atoms with Crippen LogP contribution in [0, 0.1) is 11.8 Å². The average molecular weight is 886 g/mol. The maximum atomic E-state index is 15.2. The zero-order chi connectivity index (χ0) is 43.7. The third kappa shape index (κ3) is 7.79. The third-order valence-corrected chi connectivity index (χ3v) is 13.8. The van der Waals surface area contributed by atoms with Crippen molar-refractivity contribution in [3.8, 4) is 0 Å². The lowest BCUT2D eigenvalue weighted by molar-refractivity contribution is -0.134. The molecule has 6 aliphatic rings. The Morgan fingerprint density at radius 3 is 2.56 bits per heavy atom. The quantitative estimate of drug-likeness (QED) is 0.184. The maximum Gasteiger partial charge on any atom is 0.301 e. The number of rotatable bonds is 8. The van der Waals surface area contributed by atoms with E-state index >= 15 is 8.78 Å². The van der Waals surface area contributed by atoms with Gasteiger partial charge in [-0.1, -0.05) is 23.7 Å². The van der Waals surface area contributed by atoms with Gasteiger partial charge in [-0.3, -0.25) is 29.3 Å². The van der Waals surface area contributed by atoms with E-state index in [0.717, 1.165) is 51.0 Å². The Morgan fingerprint density at radius 2 is 1.81 bits per heavy atom. The molecule has 4 aromatic rings. The van der Waals surface area contributed by atoms with Gasteiger partial charge in [0.25, 0.3) is 5.91 Å². The van der Waals surface area contributed by atoms with Crippen molar-refractivity contribution in [2.45, 2.75) is 62.6 Å². The lowest BCUT2D eigenvalue weighted by Crippen LogP contribution is -2.49. The first-order valence-corrected chi connectivity index (χ1v) is 22.1. The number of nitrogens with one attached hydrogen (secondary N) is 3. The van der Waals surface area contributed by atoms with Gasteiger partial charge in [-0.25, -0.2) is 13.8 Å². The van der Waals surface area contributed by atoms with Crippen LogP contribution in [-0.2, 0) is 21.4 Å². The lowest BCUT2D eigenvalue weighted by atomic mass is 9.92. The monoisotopic (exact) mass is 885 g/mol. The van der Waals surface area contributed by atoms with Crippen LogP contribution in [0.2, 0.25) is 5.02 Å². The molecular formula is C44H50ClF2N11O5. The topological polar surface area (TPSA) is 173 Å². The zero-order valence-corrected chi connectivity index (χ0v) is 35.9. The van der Waals surface area contributed by atoms with Crippen LogP contribution in [0.3, 0.4) is 0 Å². The van der Waals surface area contributed by atoms with Crippen LogP contribution in [0.5, 0.6) is 0 Å². The molecule has 1 saturated carbocycles. The molecule has 3 saturated heterocycles. The largest absolute Gasteiger partial charge is 0.485 e. The van der Waals surface area contributed by atoms with E-state index in [2.05, 4.69) is 35.8 Å². The van der Waals surface area contributed by atoms with Crippen molar-refractivity contribution < 1.29 is 33.0 Å². The molecule has 0 spiro atoms. The van der Waals surface area contributed by atoms with Crippen LogP contribution in [-0.4, -0.2) is 130 Å². The van der Waals surface area contributed by atoms with Gasteiger partial charge in [-0.2, -0.15) is 10.1 Å². The van der Waals surface area contributed by atoms with Crippen molar-refractivity contribution in [1.82, 2.24) is 40.2 Å². The molecule has 10 rings (SSSR count). The summed E-state index contributed by atoms with van der Waals surface area (Å²) >= 11 is 6.63. The number of hydrogen-bond donors (Lipinski definition) is 4. The number of aryl methyl sites for hydroxylation is 1. The van der Waals surface area contributed by atoms with E-state index < -0.39 is 30.7 Å². The van der Waals surface area contributed by atoms with Gasteiger partial charge in [0.15, 0.2) is 24.4 Å². The number of fused-ring (bicyclic) bond motifs is 3. The Kier molecular flexibility index (Phi) is 10.6. The first-order valence-electron chi connectivity index (χ1n) is 21.7. The molecule has 16 nitrogen and oxygen atoms in total. The van der Waals surface area contributed by atoms with Gasteiger partial charge in [0.05, 0.1) is 40.6 Å². The van der Waals surface area contributed by atoms with Crippen molar-refractivity contribution in [3.05, 3.63) is 70.2 Å². The summed E-state index contributed by atoms with van der Waals surface area (Å²) in [7, 11) is 3.48. The Hall–Kier alpha value is -5.59. The number of piperazine rings is 1. The number of hydrogen-bond acceptors (Lipinski definition) is 13. The highest BCUT2D eigenvalue weighted by Gasteiger charge is 2.52. The summed E-state index contributed by atoms with van der Waals surface area (Å²) < 4.78 is 37.7. The van der Waals surface area contributed by atoms with E-state index in [-0.39, 0.29) is 35.8 Å². The normalized spacial score (nSPS) is 24.3. The molecule has 2 aromatic heterocycles. The highest BCUT2D eigenvalue weighted by molar-refractivity contribution is 6.33. The molecule has 4 fully saturated rings. The van der Waals surface area contributed by atoms with E-state index in [0.29, 0.717) is 94.5 Å². The predicted octanol–water partition coefficient (Wildman–Crippen LogP) is 4.43. The van der Waals surface area contributed by atoms with E-state index in [1.54, 1.807) is 29.9 Å². The number of imide groups is 1. The Labute approximate surface area is 367 Å². The number of ether oxygens (including phenoxy) is 1. The number of para-hydroxylation sites is 1. The van der Waals surface area contributed by atoms with Crippen LogP contribution in [0.15, 0.2) is 48.4 Å². The van der Waals surface area contributed by atoms with Crippen molar-refractivity contribution >= 4 is 69.1 Å². The summed E-state index contributed by atoms with van der Waals surface area (Å²) in [5.74, 6) is -3.02. The molecule has 332 valence electrons. The lowest BCUT2D eigenvalue weighted by Gasteiger charge is -2.39. The first-order chi connectivity index (χ1) is 30.3. The molecular weight excluding hydrogens is 836 g/mol. The SMILES string of the molecule is CN1c2ccc(Nc3nc(N4CCN(CC5CCN(C(=O)c6cccc7c(C8CCC(=O)NC8=O)nn(C)c67)CC5)CC4)ncc3Cl)cc2C2=C(OCC(F)(F)C(C3CC3)N2)C1O. The minimum absolute atomic E-state index is 0.0477. The number of aliphatic hydroxyl groups excluding tert-OH is 1. The fraction of sp³-hybridized carbons (Fsp3) is 0.500.